The summed E-state index contributed by atoms with van der Waals surface area (Å²) >= 11 is 1.23. The molecule has 0 bridgehead atoms. The van der Waals surface area contributed by atoms with Gasteiger partial charge in [-0.25, -0.2) is 13.6 Å². The molecule has 0 saturated carbocycles. The molecule has 1 aliphatic rings. The van der Waals surface area contributed by atoms with Crippen LogP contribution in [0.3, 0.4) is 0 Å². The Labute approximate surface area is 116 Å². The normalized spacial score (nSPS) is 15.2. The third-order valence-electron chi connectivity index (χ3n) is 3.27. The van der Waals surface area contributed by atoms with Crippen molar-refractivity contribution in [2.24, 2.45) is 5.14 Å². The summed E-state index contributed by atoms with van der Waals surface area (Å²) in [6.07, 6.45) is 0.966. The van der Waals surface area contributed by atoms with Gasteiger partial charge in [-0.3, -0.25) is 0 Å². The summed E-state index contributed by atoms with van der Waals surface area (Å²) in [5.74, 6) is 0. The van der Waals surface area contributed by atoms with Crippen molar-refractivity contribution in [1.29, 1.82) is 0 Å². The Kier molecular flexibility index (Phi) is 3.18. The lowest BCUT2D eigenvalue weighted by Crippen LogP contribution is -2.23. The van der Waals surface area contributed by atoms with E-state index in [1.54, 1.807) is 6.07 Å². The highest BCUT2D eigenvalue weighted by Gasteiger charge is 2.17. The minimum absolute atomic E-state index is 0.217. The van der Waals surface area contributed by atoms with Crippen LogP contribution < -0.4 is 10.5 Å². The van der Waals surface area contributed by atoms with Crippen LogP contribution in [-0.4, -0.2) is 15.0 Å². The Morgan fingerprint density at radius 1 is 1.21 bits per heavy atom. The van der Waals surface area contributed by atoms with E-state index in [0.29, 0.717) is 0 Å². The number of nitrogens with one attached hydrogen (secondary N) is 1. The number of hydrogen-bond donors (Lipinski definition) is 2. The fourth-order valence-corrected chi connectivity index (χ4v) is 4.16. The third kappa shape index (κ3) is 2.44. The maximum Gasteiger partial charge on any atom is 0.247 e. The molecule has 0 amide bonds. The molecule has 2 aromatic rings. The first-order chi connectivity index (χ1) is 9.05. The molecule has 2 heterocycles. The standard InChI is InChI=1S/C13H14N2O2S2/c14-19(16,17)13-5-4-12(18-13)11-3-1-2-9-8-15-7-6-10(9)11/h1-5,15H,6-8H2,(H2,14,16,17). The van der Waals surface area contributed by atoms with E-state index >= 15 is 0 Å². The van der Waals surface area contributed by atoms with E-state index in [0.717, 1.165) is 30.0 Å². The first-order valence-electron chi connectivity index (χ1n) is 6.00. The second kappa shape index (κ2) is 4.72. The van der Waals surface area contributed by atoms with Crippen molar-refractivity contribution in [3.05, 3.63) is 41.5 Å². The maximum absolute atomic E-state index is 11.3. The van der Waals surface area contributed by atoms with Crippen LogP contribution in [0.25, 0.3) is 10.4 Å². The monoisotopic (exact) mass is 294 g/mol. The van der Waals surface area contributed by atoms with Crippen molar-refractivity contribution in [3.8, 4) is 10.4 Å². The molecule has 1 aromatic heterocycles. The van der Waals surface area contributed by atoms with Crippen LogP contribution in [0.15, 0.2) is 34.5 Å². The van der Waals surface area contributed by atoms with Crippen LogP contribution in [0.5, 0.6) is 0 Å². The Hall–Kier alpha value is -1.21. The zero-order chi connectivity index (χ0) is 13.5. The van der Waals surface area contributed by atoms with Gasteiger partial charge in [0.05, 0.1) is 0 Å². The van der Waals surface area contributed by atoms with Gasteiger partial charge in [0.1, 0.15) is 4.21 Å². The van der Waals surface area contributed by atoms with Crippen LogP contribution >= 0.6 is 11.3 Å². The average Bonchev–Trinajstić information content (AvgIpc) is 2.87. The molecule has 0 fully saturated rings. The molecule has 0 aliphatic carbocycles. The SMILES string of the molecule is NS(=O)(=O)c1ccc(-c2cccc3c2CCNC3)s1. The average molecular weight is 294 g/mol. The van der Waals surface area contributed by atoms with Gasteiger partial charge in [-0.1, -0.05) is 18.2 Å². The van der Waals surface area contributed by atoms with E-state index in [-0.39, 0.29) is 4.21 Å². The second-order valence-corrected chi connectivity index (χ2v) is 7.41. The van der Waals surface area contributed by atoms with Crippen LogP contribution in [0.2, 0.25) is 0 Å². The molecular formula is C13H14N2O2S2. The molecule has 1 aliphatic heterocycles. The van der Waals surface area contributed by atoms with Gasteiger partial charge in [0, 0.05) is 11.4 Å². The number of sulfonamides is 1. The van der Waals surface area contributed by atoms with Crippen molar-refractivity contribution in [2.75, 3.05) is 6.54 Å². The molecule has 4 nitrogen and oxygen atoms in total. The van der Waals surface area contributed by atoms with Crippen LogP contribution in [0.4, 0.5) is 0 Å². The molecule has 0 atom stereocenters. The van der Waals surface area contributed by atoms with Gasteiger partial charge in [-0.15, -0.1) is 11.3 Å². The first kappa shape index (κ1) is 12.8. The van der Waals surface area contributed by atoms with Crippen LogP contribution in [0.1, 0.15) is 11.1 Å². The van der Waals surface area contributed by atoms with E-state index in [2.05, 4.69) is 11.4 Å². The molecule has 3 rings (SSSR count). The van der Waals surface area contributed by atoms with Crippen LogP contribution in [-0.2, 0) is 23.0 Å². The quantitative estimate of drug-likeness (QED) is 0.885. The lowest BCUT2D eigenvalue weighted by molar-refractivity contribution is 0.600. The number of fused-ring (bicyclic) bond motifs is 1. The van der Waals surface area contributed by atoms with E-state index in [9.17, 15) is 8.42 Å². The second-order valence-electron chi connectivity index (χ2n) is 4.53. The lowest BCUT2D eigenvalue weighted by Gasteiger charge is -2.19. The van der Waals surface area contributed by atoms with E-state index in [4.69, 9.17) is 5.14 Å². The molecule has 3 N–H and O–H groups in total. The minimum Gasteiger partial charge on any atom is -0.312 e. The summed E-state index contributed by atoms with van der Waals surface area (Å²) in [5, 5.41) is 8.50. The highest BCUT2D eigenvalue weighted by molar-refractivity contribution is 7.91. The van der Waals surface area contributed by atoms with E-state index in [1.807, 2.05) is 18.2 Å². The summed E-state index contributed by atoms with van der Waals surface area (Å²) in [6, 6.07) is 9.58. The smallest absolute Gasteiger partial charge is 0.247 e. The highest BCUT2D eigenvalue weighted by Crippen LogP contribution is 2.34. The van der Waals surface area contributed by atoms with Gasteiger partial charge in [0.15, 0.2) is 0 Å². The van der Waals surface area contributed by atoms with E-state index < -0.39 is 10.0 Å². The van der Waals surface area contributed by atoms with Gasteiger partial charge in [0.2, 0.25) is 10.0 Å². The molecule has 0 radical (unpaired) electrons. The Bertz CT molecular complexity index is 720. The summed E-state index contributed by atoms with van der Waals surface area (Å²) in [4.78, 5) is 0.961. The van der Waals surface area contributed by atoms with Crippen molar-refractivity contribution < 1.29 is 8.42 Å². The first-order valence-corrected chi connectivity index (χ1v) is 8.36. The minimum atomic E-state index is -3.61. The number of thiophene rings is 1. The zero-order valence-corrected chi connectivity index (χ0v) is 11.9. The van der Waals surface area contributed by atoms with Gasteiger partial charge in [-0.2, -0.15) is 0 Å². The van der Waals surface area contributed by atoms with Gasteiger partial charge in [0.25, 0.3) is 0 Å². The maximum atomic E-state index is 11.3. The molecule has 6 heteroatoms. The molecule has 1 aromatic carbocycles. The summed E-state index contributed by atoms with van der Waals surface area (Å²) in [6.45, 7) is 1.83. The predicted molar refractivity (Wildman–Crippen MR) is 76.5 cm³/mol. The Morgan fingerprint density at radius 2 is 2.05 bits per heavy atom. The Balaban J connectivity index is 2.10. The van der Waals surface area contributed by atoms with Gasteiger partial charge >= 0.3 is 0 Å². The van der Waals surface area contributed by atoms with Crippen molar-refractivity contribution in [3.63, 3.8) is 0 Å². The summed E-state index contributed by atoms with van der Waals surface area (Å²) in [7, 11) is -3.61. The molecule has 0 unspecified atom stereocenters. The molecule has 0 spiro atoms. The molecule has 100 valence electrons. The van der Waals surface area contributed by atoms with Crippen molar-refractivity contribution in [2.45, 2.75) is 17.2 Å². The van der Waals surface area contributed by atoms with Crippen molar-refractivity contribution in [1.82, 2.24) is 5.32 Å². The van der Waals surface area contributed by atoms with Crippen LogP contribution in [0, 0.1) is 0 Å². The summed E-state index contributed by atoms with van der Waals surface area (Å²) in [5.41, 5.74) is 3.72. The molecule has 19 heavy (non-hydrogen) atoms. The number of hydrogen-bond acceptors (Lipinski definition) is 4. The summed E-state index contributed by atoms with van der Waals surface area (Å²) < 4.78 is 22.9. The van der Waals surface area contributed by atoms with Crippen molar-refractivity contribution >= 4 is 21.4 Å². The Morgan fingerprint density at radius 3 is 2.79 bits per heavy atom. The number of nitrogens with two attached hydrogens (primary N) is 1. The fourth-order valence-electron chi connectivity index (χ4n) is 2.38. The van der Waals surface area contributed by atoms with E-state index in [1.165, 1.54) is 22.5 Å². The molecular weight excluding hydrogens is 280 g/mol. The molecule has 0 saturated heterocycles. The third-order valence-corrected chi connectivity index (χ3v) is 5.82. The topological polar surface area (TPSA) is 72.2 Å². The largest absolute Gasteiger partial charge is 0.312 e. The fraction of sp³-hybridized carbons (Fsp3) is 0.231. The number of rotatable bonds is 2. The number of primary sulfonamides is 1. The number of benzene rings is 1. The lowest BCUT2D eigenvalue weighted by atomic mass is 9.95. The highest BCUT2D eigenvalue weighted by atomic mass is 32.2. The zero-order valence-electron chi connectivity index (χ0n) is 10.2. The van der Waals surface area contributed by atoms with Gasteiger partial charge < -0.3 is 5.32 Å². The van der Waals surface area contributed by atoms with Gasteiger partial charge in [-0.05, 0) is 41.8 Å². The predicted octanol–water partition coefficient (Wildman–Crippen LogP) is 1.71.